The molecule has 2 unspecified atom stereocenters. The van der Waals surface area contributed by atoms with Gasteiger partial charge in [0.25, 0.3) is 0 Å². The van der Waals surface area contributed by atoms with Crippen LogP contribution < -0.4 is 10.6 Å². The summed E-state index contributed by atoms with van der Waals surface area (Å²) >= 11 is 0. The second-order valence-electron chi connectivity index (χ2n) is 6.05. The number of aromatic hydroxyl groups is 1. The Hall–Kier alpha value is -1.62. The number of benzene rings is 1. The molecule has 1 amide bonds. The maximum atomic E-state index is 12.9. The third kappa shape index (κ3) is 4.81. The van der Waals surface area contributed by atoms with Gasteiger partial charge in [-0.2, -0.15) is 0 Å². The van der Waals surface area contributed by atoms with Crippen molar-refractivity contribution in [2.24, 2.45) is 0 Å². The third-order valence-corrected chi connectivity index (χ3v) is 2.85. The monoisotopic (exact) mass is 282 g/mol. The first-order valence-corrected chi connectivity index (χ1v) is 6.66. The molecule has 4 nitrogen and oxygen atoms in total. The number of halogens is 1. The van der Waals surface area contributed by atoms with Crippen LogP contribution in [0.5, 0.6) is 5.75 Å². The Kier molecular flexibility index (Phi) is 5.11. The summed E-state index contributed by atoms with van der Waals surface area (Å²) in [4.78, 5) is 12.0. The first-order chi connectivity index (χ1) is 9.10. The largest absolute Gasteiger partial charge is 0.508 e. The minimum Gasteiger partial charge on any atom is -0.508 e. The number of amides is 1. The number of carbonyl (C=O) groups excluding carboxylic acids is 1. The van der Waals surface area contributed by atoms with E-state index >= 15 is 0 Å². The normalized spacial score (nSPS) is 14.7. The van der Waals surface area contributed by atoms with Crippen molar-refractivity contribution < 1.29 is 14.3 Å². The minimum absolute atomic E-state index is 0.117. The number of rotatable bonds is 4. The van der Waals surface area contributed by atoms with E-state index in [1.54, 1.807) is 6.92 Å². The second-order valence-corrected chi connectivity index (χ2v) is 6.05. The fraction of sp³-hybridized carbons (Fsp3) is 0.533. The highest BCUT2D eigenvalue weighted by Gasteiger charge is 2.21. The lowest BCUT2D eigenvalue weighted by Gasteiger charge is -2.26. The minimum atomic E-state index is -0.489. The molecule has 1 aromatic rings. The van der Waals surface area contributed by atoms with Crippen molar-refractivity contribution in [1.82, 2.24) is 10.6 Å². The molecule has 0 heterocycles. The van der Waals surface area contributed by atoms with E-state index in [1.165, 1.54) is 12.1 Å². The number of hydrogen-bond acceptors (Lipinski definition) is 3. The molecule has 20 heavy (non-hydrogen) atoms. The van der Waals surface area contributed by atoms with Crippen molar-refractivity contribution in [3.05, 3.63) is 29.6 Å². The van der Waals surface area contributed by atoms with Gasteiger partial charge in [-0.05, 0) is 40.7 Å². The highest BCUT2D eigenvalue weighted by atomic mass is 19.1. The molecular formula is C15H23FN2O2. The average Bonchev–Trinajstić information content (AvgIpc) is 2.26. The molecule has 0 fully saturated rings. The summed E-state index contributed by atoms with van der Waals surface area (Å²) < 4.78 is 12.9. The van der Waals surface area contributed by atoms with Crippen LogP contribution in [0.25, 0.3) is 0 Å². The Balaban J connectivity index is 2.70. The molecule has 0 bridgehead atoms. The van der Waals surface area contributed by atoms with Crippen molar-refractivity contribution in [2.75, 3.05) is 0 Å². The van der Waals surface area contributed by atoms with Crippen LogP contribution in [0.4, 0.5) is 4.39 Å². The zero-order chi connectivity index (χ0) is 15.5. The predicted octanol–water partition coefficient (Wildman–Crippen LogP) is 2.49. The Bertz CT molecular complexity index is 483. The van der Waals surface area contributed by atoms with Gasteiger partial charge in [0.2, 0.25) is 5.91 Å². The van der Waals surface area contributed by atoms with Gasteiger partial charge in [0, 0.05) is 23.2 Å². The molecule has 0 aliphatic heterocycles. The Labute approximate surface area is 119 Å². The van der Waals surface area contributed by atoms with Crippen LogP contribution in [-0.4, -0.2) is 22.6 Å². The Morgan fingerprint density at radius 3 is 2.40 bits per heavy atom. The number of hydrogen-bond donors (Lipinski definition) is 3. The van der Waals surface area contributed by atoms with Crippen LogP contribution in [0.1, 0.15) is 46.2 Å². The summed E-state index contributed by atoms with van der Waals surface area (Å²) in [6, 6.07) is 3.17. The lowest BCUT2D eigenvalue weighted by atomic mass is 10.1. The maximum Gasteiger partial charge on any atom is 0.237 e. The highest BCUT2D eigenvalue weighted by Crippen LogP contribution is 2.24. The van der Waals surface area contributed by atoms with Gasteiger partial charge in [0.1, 0.15) is 11.6 Å². The van der Waals surface area contributed by atoms with Gasteiger partial charge >= 0.3 is 0 Å². The van der Waals surface area contributed by atoms with Crippen molar-refractivity contribution >= 4 is 5.91 Å². The molecule has 5 heteroatoms. The molecule has 0 radical (unpaired) electrons. The SMILES string of the molecule is CC(NC(C)c1ccc(F)cc1O)C(=O)NC(C)(C)C. The van der Waals surface area contributed by atoms with E-state index in [-0.39, 0.29) is 23.2 Å². The van der Waals surface area contributed by atoms with E-state index in [4.69, 9.17) is 0 Å². The summed E-state index contributed by atoms with van der Waals surface area (Å²) in [5.41, 5.74) is 0.260. The van der Waals surface area contributed by atoms with Gasteiger partial charge in [-0.25, -0.2) is 4.39 Å². The molecule has 0 aliphatic rings. The van der Waals surface area contributed by atoms with Gasteiger partial charge in [-0.15, -0.1) is 0 Å². The van der Waals surface area contributed by atoms with Gasteiger partial charge < -0.3 is 10.4 Å². The van der Waals surface area contributed by atoms with Crippen molar-refractivity contribution in [3.63, 3.8) is 0 Å². The lowest BCUT2D eigenvalue weighted by molar-refractivity contribution is -0.124. The number of phenols is 1. The smallest absolute Gasteiger partial charge is 0.237 e. The van der Waals surface area contributed by atoms with E-state index in [2.05, 4.69) is 10.6 Å². The summed E-state index contributed by atoms with van der Waals surface area (Å²) in [5.74, 6) is -0.726. The molecule has 0 spiro atoms. The van der Waals surface area contributed by atoms with E-state index < -0.39 is 11.9 Å². The first-order valence-electron chi connectivity index (χ1n) is 6.66. The van der Waals surface area contributed by atoms with E-state index in [9.17, 15) is 14.3 Å². The third-order valence-electron chi connectivity index (χ3n) is 2.85. The van der Waals surface area contributed by atoms with Crippen molar-refractivity contribution in [1.29, 1.82) is 0 Å². The van der Waals surface area contributed by atoms with Crippen LogP contribution >= 0.6 is 0 Å². The second kappa shape index (κ2) is 6.22. The maximum absolute atomic E-state index is 12.9. The number of phenolic OH excluding ortho intramolecular Hbond substituents is 1. The van der Waals surface area contributed by atoms with Gasteiger partial charge in [0.15, 0.2) is 0 Å². The van der Waals surface area contributed by atoms with Gasteiger partial charge in [0.05, 0.1) is 6.04 Å². The molecule has 112 valence electrons. The first kappa shape index (κ1) is 16.4. The number of nitrogens with one attached hydrogen (secondary N) is 2. The fourth-order valence-electron chi connectivity index (χ4n) is 1.90. The van der Waals surface area contributed by atoms with E-state index in [1.807, 2.05) is 27.7 Å². The van der Waals surface area contributed by atoms with Crippen LogP contribution in [-0.2, 0) is 4.79 Å². The zero-order valence-corrected chi connectivity index (χ0v) is 12.6. The quantitative estimate of drug-likeness (QED) is 0.795. The lowest BCUT2D eigenvalue weighted by Crippen LogP contribution is -2.49. The fourth-order valence-corrected chi connectivity index (χ4v) is 1.90. The highest BCUT2D eigenvalue weighted by molar-refractivity contribution is 5.82. The standard InChI is InChI=1S/C15H23FN2O2/c1-9(12-7-6-11(16)8-13(12)19)17-10(2)14(20)18-15(3,4)5/h6-10,17,19H,1-5H3,(H,18,20). The topological polar surface area (TPSA) is 61.4 Å². The molecular weight excluding hydrogens is 259 g/mol. The zero-order valence-electron chi connectivity index (χ0n) is 12.6. The van der Waals surface area contributed by atoms with Crippen molar-refractivity contribution in [3.8, 4) is 5.75 Å². The molecule has 0 aliphatic carbocycles. The molecule has 0 aromatic heterocycles. The van der Waals surface area contributed by atoms with Crippen molar-refractivity contribution in [2.45, 2.75) is 52.2 Å². The Morgan fingerprint density at radius 2 is 1.90 bits per heavy atom. The molecule has 1 aromatic carbocycles. The average molecular weight is 282 g/mol. The number of carbonyl (C=O) groups is 1. The predicted molar refractivity (Wildman–Crippen MR) is 77.0 cm³/mol. The van der Waals surface area contributed by atoms with Crippen LogP contribution in [0.3, 0.4) is 0 Å². The summed E-state index contributed by atoms with van der Waals surface area (Å²) in [7, 11) is 0. The molecule has 3 N–H and O–H groups in total. The van der Waals surface area contributed by atoms with Crippen LogP contribution in [0, 0.1) is 5.82 Å². The summed E-state index contributed by atoms with van der Waals surface area (Å²) in [6.07, 6.45) is 0. The van der Waals surface area contributed by atoms with Crippen LogP contribution in [0.15, 0.2) is 18.2 Å². The molecule has 1 rings (SSSR count). The summed E-state index contributed by atoms with van der Waals surface area (Å²) in [6.45, 7) is 9.29. The van der Waals surface area contributed by atoms with E-state index in [0.717, 1.165) is 6.07 Å². The molecule has 0 saturated heterocycles. The van der Waals surface area contributed by atoms with Crippen LogP contribution in [0.2, 0.25) is 0 Å². The molecule has 2 atom stereocenters. The Morgan fingerprint density at radius 1 is 1.30 bits per heavy atom. The van der Waals surface area contributed by atoms with Gasteiger partial charge in [-0.1, -0.05) is 6.07 Å². The summed E-state index contributed by atoms with van der Waals surface area (Å²) in [5, 5.41) is 15.7. The van der Waals surface area contributed by atoms with E-state index in [0.29, 0.717) is 5.56 Å². The molecule has 0 saturated carbocycles. The van der Waals surface area contributed by atoms with Gasteiger partial charge in [-0.3, -0.25) is 10.1 Å².